The zero-order valence-corrected chi connectivity index (χ0v) is 8.53. The van der Waals surface area contributed by atoms with Gasteiger partial charge in [0.25, 0.3) is 0 Å². The summed E-state index contributed by atoms with van der Waals surface area (Å²) in [5, 5.41) is 14.5. The van der Waals surface area contributed by atoms with E-state index >= 15 is 0 Å². The van der Waals surface area contributed by atoms with Gasteiger partial charge in [0.15, 0.2) is 5.69 Å². The van der Waals surface area contributed by atoms with E-state index in [1.54, 1.807) is 12.1 Å². The van der Waals surface area contributed by atoms with Crippen LogP contribution in [0.15, 0.2) is 12.1 Å². The Bertz CT molecular complexity index is 465. The fourth-order valence-electron chi connectivity index (χ4n) is 1.56. The van der Waals surface area contributed by atoms with Crippen molar-refractivity contribution < 1.29 is 4.79 Å². The van der Waals surface area contributed by atoms with Gasteiger partial charge in [-0.05, 0) is 12.1 Å². The molecule has 2 rings (SSSR count). The van der Waals surface area contributed by atoms with E-state index in [-0.39, 0.29) is 17.6 Å². The van der Waals surface area contributed by atoms with Crippen LogP contribution in [0.2, 0.25) is 0 Å². The molecule has 1 aromatic heterocycles. The summed E-state index contributed by atoms with van der Waals surface area (Å²) in [5.74, 6) is 0.584. The van der Waals surface area contributed by atoms with Gasteiger partial charge in [-0.3, -0.25) is 4.79 Å². The maximum atomic E-state index is 11.0. The van der Waals surface area contributed by atoms with Gasteiger partial charge < -0.3 is 16.4 Å². The number of carbonyl (C=O) groups excluding carboxylic acids is 1. The number of nitrogens with zero attached hydrogens (tertiary/aromatic N) is 2. The van der Waals surface area contributed by atoms with E-state index in [0.29, 0.717) is 24.5 Å². The van der Waals surface area contributed by atoms with Gasteiger partial charge in [0.2, 0.25) is 5.91 Å². The number of anilines is 2. The molecule has 0 spiro atoms. The second kappa shape index (κ2) is 4.06. The van der Waals surface area contributed by atoms with Crippen LogP contribution < -0.4 is 16.4 Å². The smallest absolute Gasteiger partial charge is 0.222 e. The van der Waals surface area contributed by atoms with Crippen molar-refractivity contribution in [1.29, 1.82) is 5.26 Å². The molecule has 0 aliphatic carbocycles. The van der Waals surface area contributed by atoms with E-state index in [2.05, 4.69) is 15.6 Å². The van der Waals surface area contributed by atoms with Crippen LogP contribution in [0.5, 0.6) is 0 Å². The first-order valence-corrected chi connectivity index (χ1v) is 4.89. The Kier molecular flexibility index (Phi) is 2.60. The van der Waals surface area contributed by atoms with Gasteiger partial charge in [-0.2, -0.15) is 5.26 Å². The zero-order valence-electron chi connectivity index (χ0n) is 8.53. The number of amides is 1. The van der Waals surface area contributed by atoms with Gasteiger partial charge in [0.05, 0.1) is 11.7 Å². The molecule has 1 fully saturated rings. The Hall–Kier alpha value is -2.29. The maximum Gasteiger partial charge on any atom is 0.222 e. The first-order valence-electron chi connectivity index (χ1n) is 4.89. The summed E-state index contributed by atoms with van der Waals surface area (Å²) in [7, 11) is 0. The van der Waals surface area contributed by atoms with E-state index in [0.717, 1.165) is 0 Å². The quantitative estimate of drug-likeness (QED) is 0.638. The van der Waals surface area contributed by atoms with Gasteiger partial charge in [0.1, 0.15) is 11.9 Å². The molecule has 1 saturated heterocycles. The van der Waals surface area contributed by atoms with Gasteiger partial charge in [0, 0.05) is 13.0 Å². The van der Waals surface area contributed by atoms with Gasteiger partial charge in [-0.1, -0.05) is 0 Å². The third-order valence-corrected chi connectivity index (χ3v) is 2.36. The summed E-state index contributed by atoms with van der Waals surface area (Å²) in [5.41, 5.74) is 6.10. The lowest BCUT2D eigenvalue weighted by molar-refractivity contribution is -0.119. The summed E-state index contributed by atoms with van der Waals surface area (Å²) in [6, 6.07) is 5.25. The summed E-state index contributed by atoms with van der Waals surface area (Å²) < 4.78 is 0. The molecule has 1 aliphatic rings. The number of carbonyl (C=O) groups is 1. The Morgan fingerprint density at radius 1 is 1.62 bits per heavy atom. The molecular formula is C10H11N5O. The van der Waals surface area contributed by atoms with Crippen molar-refractivity contribution in [3.8, 4) is 6.07 Å². The van der Waals surface area contributed by atoms with E-state index in [9.17, 15) is 4.79 Å². The standard InChI is InChI=1S/C10H11N5O/c11-4-8-7(12)1-2-9(15-8)14-6-3-10(16)13-5-6/h1-2,6H,3,5,12H2,(H,13,16)(H,14,15). The van der Waals surface area contributed by atoms with Crippen LogP contribution in [0.4, 0.5) is 11.5 Å². The van der Waals surface area contributed by atoms with E-state index < -0.39 is 0 Å². The van der Waals surface area contributed by atoms with Crippen molar-refractivity contribution in [1.82, 2.24) is 10.3 Å². The third-order valence-electron chi connectivity index (χ3n) is 2.36. The lowest BCUT2D eigenvalue weighted by atomic mass is 10.2. The zero-order chi connectivity index (χ0) is 11.5. The maximum absolute atomic E-state index is 11.0. The molecule has 82 valence electrons. The minimum absolute atomic E-state index is 0.0217. The average Bonchev–Trinajstić information content (AvgIpc) is 2.67. The average molecular weight is 217 g/mol. The van der Waals surface area contributed by atoms with Crippen LogP contribution in [0.1, 0.15) is 12.1 Å². The van der Waals surface area contributed by atoms with Crippen LogP contribution in [-0.2, 0) is 4.79 Å². The van der Waals surface area contributed by atoms with Crippen LogP contribution >= 0.6 is 0 Å². The summed E-state index contributed by atoms with van der Waals surface area (Å²) in [6.45, 7) is 0.576. The highest BCUT2D eigenvalue weighted by Crippen LogP contribution is 2.14. The number of nitrogens with one attached hydrogen (secondary N) is 2. The topological polar surface area (TPSA) is 104 Å². The molecule has 0 aromatic carbocycles. The lowest BCUT2D eigenvalue weighted by Gasteiger charge is -2.11. The highest BCUT2D eigenvalue weighted by molar-refractivity contribution is 5.79. The normalized spacial score (nSPS) is 18.9. The number of nitriles is 1. The SMILES string of the molecule is N#Cc1nc(NC2CNC(=O)C2)ccc1N. The number of hydrogen-bond donors (Lipinski definition) is 3. The minimum atomic E-state index is 0.0217. The molecule has 6 heteroatoms. The Morgan fingerprint density at radius 2 is 2.44 bits per heavy atom. The van der Waals surface area contributed by atoms with Crippen LogP contribution in [0, 0.1) is 11.3 Å². The lowest BCUT2D eigenvalue weighted by Crippen LogP contribution is -2.23. The summed E-state index contributed by atoms with van der Waals surface area (Å²) >= 11 is 0. The molecule has 0 bridgehead atoms. The molecule has 1 aliphatic heterocycles. The van der Waals surface area contributed by atoms with Crippen molar-refractivity contribution in [2.45, 2.75) is 12.5 Å². The minimum Gasteiger partial charge on any atom is -0.396 e. The second-order valence-corrected chi connectivity index (χ2v) is 3.60. The number of rotatable bonds is 2. The predicted molar refractivity (Wildman–Crippen MR) is 58.4 cm³/mol. The van der Waals surface area contributed by atoms with E-state index in [4.69, 9.17) is 11.0 Å². The van der Waals surface area contributed by atoms with E-state index in [1.165, 1.54) is 0 Å². The second-order valence-electron chi connectivity index (χ2n) is 3.60. The molecule has 2 heterocycles. The monoisotopic (exact) mass is 217 g/mol. The fourth-order valence-corrected chi connectivity index (χ4v) is 1.56. The Labute approximate surface area is 92.5 Å². The van der Waals surface area contributed by atoms with Crippen LogP contribution in [0.3, 0.4) is 0 Å². The molecule has 16 heavy (non-hydrogen) atoms. The molecule has 0 radical (unpaired) electrons. The summed E-state index contributed by atoms with van der Waals surface area (Å²) in [4.78, 5) is 15.0. The van der Waals surface area contributed by atoms with Gasteiger partial charge in [-0.15, -0.1) is 0 Å². The number of hydrogen-bond acceptors (Lipinski definition) is 5. The Morgan fingerprint density at radius 3 is 3.06 bits per heavy atom. The van der Waals surface area contributed by atoms with Crippen molar-refractivity contribution >= 4 is 17.4 Å². The highest BCUT2D eigenvalue weighted by atomic mass is 16.1. The first-order chi connectivity index (χ1) is 7.69. The Balaban J connectivity index is 2.10. The van der Waals surface area contributed by atoms with Gasteiger partial charge in [-0.25, -0.2) is 4.98 Å². The predicted octanol–water partition coefficient (Wildman–Crippen LogP) is -0.164. The number of aromatic nitrogens is 1. The molecule has 1 aromatic rings. The summed E-state index contributed by atoms with van der Waals surface area (Å²) in [6.07, 6.45) is 0.425. The molecule has 1 atom stereocenters. The van der Waals surface area contributed by atoms with Crippen molar-refractivity contribution in [2.24, 2.45) is 0 Å². The van der Waals surface area contributed by atoms with Gasteiger partial charge >= 0.3 is 0 Å². The molecule has 1 unspecified atom stereocenters. The molecular weight excluding hydrogens is 206 g/mol. The largest absolute Gasteiger partial charge is 0.396 e. The number of pyridine rings is 1. The van der Waals surface area contributed by atoms with Crippen molar-refractivity contribution in [2.75, 3.05) is 17.6 Å². The van der Waals surface area contributed by atoms with Crippen molar-refractivity contribution in [3.05, 3.63) is 17.8 Å². The van der Waals surface area contributed by atoms with Crippen molar-refractivity contribution in [3.63, 3.8) is 0 Å². The number of nitrogens with two attached hydrogens (primary N) is 1. The highest BCUT2D eigenvalue weighted by Gasteiger charge is 2.21. The van der Waals surface area contributed by atoms with Crippen LogP contribution in [-0.4, -0.2) is 23.5 Å². The molecule has 4 N–H and O–H groups in total. The van der Waals surface area contributed by atoms with E-state index in [1.807, 2.05) is 6.07 Å². The molecule has 0 saturated carbocycles. The fraction of sp³-hybridized carbons (Fsp3) is 0.300. The number of nitrogen functional groups attached to an aromatic ring is 1. The molecule has 6 nitrogen and oxygen atoms in total. The third kappa shape index (κ3) is 2.03. The molecule has 1 amide bonds. The first kappa shape index (κ1) is 10.2. The van der Waals surface area contributed by atoms with Crippen LogP contribution in [0.25, 0.3) is 0 Å².